The lowest BCUT2D eigenvalue weighted by atomic mass is 10.1. The summed E-state index contributed by atoms with van der Waals surface area (Å²) in [6, 6.07) is 10.8. The van der Waals surface area contributed by atoms with Gasteiger partial charge < -0.3 is 14.8 Å². The molecule has 1 fully saturated rings. The molecular formula is C22H30N4O4. The van der Waals surface area contributed by atoms with Crippen molar-refractivity contribution in [2.75, 3.05) is 5.32 Å². The van der Waals surface area contributed by atoms with Crippen LogP contribution >= 0.6 is 0 Å². The molecule has 2 atom stereocenters. The Hall–Kier alpha value is -2.87. The minimum atomic E-state index is -0.976. The van der Waals surface area contributed by atoms with Gasteiger partial charge in [-0.1, -0.05) is 30.3 Å². The molecule has 1 aromatic heterocycles. The third-order valence-electron chi connectivity index (χ3n) is 4.72. The molecule has 0 saturated carbocycles. The number of amides is 2. The first-order chi connectivity index (χ1) is 14.0. The second-order valence-electron chi connectivity index (χ2n) is 8.94. The lowest BCUT2D eigenvalue weighted by Crippen LogP contribution is -2.54. The third-order valence-corrected chi connectivity index (χ3v) is 4.72. The molecule has 8 heteroatoms. The molecular weight excluding hydrogens is 384 g/mol. The quantitative estimate of drug-likeness (QED) is 0.826. The summed E-state index contributed by atoms with van der Waals surface area (Å²) in [4.78, 5) is 27.3. The van der Waals surface area contributed by atoms with Gasteiger partial charge in [-0.25, -0.2) is 4.79 Å². The first-order valence-electron chi connectivity index (χ1n) is 10.0. The van der Waals surface area contributed by atoms with Crippen LogP contribution in [0.15, 0.2) is 42.6 Å². The minimum absolute atomic E-state index is 0.371. The molecule has 0 unspecified atom stereocenters. The molecule has 0 bridgehead atoms. The van der Waals surface area contributed by atoms with Crippen LogP contribution in [0, 0.1) is 0 Å². The molecule has 0 radical (unpaired) electrons. The van der Waals surface area contributed by atoms with Gasteiger partial charge in [-0.2, -0.15) is 5.10 Å². The van der Waals surface area contributed by atoms with E-state index < -0.39 is 29.6 Å². The van der Waals surface area contributed by atoms with E-state index >= 15 is 0 Å². The largest absolute Gasteiger partial charge is 0.444 e. The Labute approximate surface area is 177 Å². The van der Waals surface area contributed by atoms with Crippen LogP contribution in [-0.2, 0) is 20.8 Å². The monoisotopic (exact) mass is 414 g/mol. The molecule has 8 nitrogen and oxygen atoms in total. The molecule has 1 aliphatic heterocycles. The topological polar surface area (TPSA) is 85.7 Å². The maximum atomic E-state index is 13.1. The van der Waals surface area contributed by atoms with E-state index in [2.05, 4.69) is 10.4 Å². The van der Waals surface area contributed by atoms with Crippen molar-refractivity contribution < 1.29 is 19.1 Å². The highest BCUT2D eigenvalue weighted by molar-refractivity contribution is 5.96. The van der Waals surface area contributed by atoms with Crippen molar-refractivity contribution in [3.05, 3.63) is 48.2 Å². The highest BCUT2D eigenvalue weighted by Crippen LogP contribution is 2.34. The fraction of sp³-hybridized carbons (Fsp3) is 0.500. The van der Waals surface area contributed by atoms with Crippen molar-refractivity contribution in [2.45, 2.75) is 71.6 Å². The molecule has 2 aromatic rings. The van der Waals surface area contributed by atoms with Crippen molar-refractivity contribution >= 4 is 17.8 Å². The number of benzene rings is 1. The first kappa shape index (κ1) is 21.8. The van der Waals surface area contributed by atoms with Crippen LogP contribution < -0.4 is 5.32 Å². The summed E-state index contributed by atoms with van der Waals surface area (Å²) in [5.41, 5.74) is -0.554. The van der Waals surface area contributed by atoms with Crippen molar-refractivity contribution in [3.63, 3.8) is 0 Å². The molecule has 0 aliphatic carbocycles. The van der Waals surface area contributed by atoms with E-state index in [0.717, 1.165) is 5.56 Å². The Morgan fingerprint density at radius 1 is 1.20 bits per heavy atom. The fourth-order valence-electron chi connectivity index (χ4n) is 3.58. The lowest BCUT2D eigenvalue weighted by molar-refractivity contribution is -0.121. The van der Waals surface area contributed by atoms with Crippen molar-refractivity contribution in [2.24, 2.45) is 0 Å². The Bertz CT molecular complexity index is 901. The van der Waals surface area contributed by atoms with Gasteiger partial charge in [-0.05, 0) is 47.1 Å². The van der Waals surface area contributed by atoms with Crippen molar-refractivity contribution in [3.8, 4) is 0 Å². The lowest BCUT2D eigenvalue weighted by Gasteiger charge is -2.34. The van der Waals surface area contributed by atoms with E-state index in [1.165, 1.54) is 4.90 Å². The number of ether oxygens (including phenoxy) is 2. The zero-order chi connectivity index (χ0) is 22.1. The minimum Gasteiger partial charge on any atom is -0.444 e. The van der Waals surface area contributed by atoms with Gasteiger partial charge in [0.15, 0.2) is 5.82 Å². The highest BCUT2D eigenvalue weighted by atomic mass is 16.6. The molecule has 1 N–H and O–H groups in total. The van der Waals surface area contributed by atoms with Crippen LogP contribution in [0.3, 0.4) is 0 Å². The molecule has 2 heterocycles. The Morgan fingerprint density at radius 3 is 2.50 bits per heavy atom. The maximum absolute atomic E-state index is 13.1. The number of hydrogen-bond acceptors (Lipinski definition) is 5. The summed E-state index contributed by atoms with van der Waals surface area (Å²) in [5.74, 6) is 0.0425. The van der Waals surface area contributed by atoms with E-state index in [1.54, 1.807) is 58.5 Å². The molecule has 1 aliphatic rings. The number of rotatable bonds is 4. The fourth-order valence-corrected chi connectivity index (χ4v) is 3.58. The van der Waals surface area contributed by atoms with Crippen LogP contribution in [0.2, 0.25) is 0 Å². The van der Waals surface area contributed by atoms with Crippen LogP contribution in [0.1, 0.15) is 47.1 Å². The average molecular weight is 415 g/mol. The summed E-state index contributed by atoms with van der Waals surface area (Å²) in [6.07, 6.45) is 0.706. The van der Waals surface area contributed by atoms with Gasteiger partial charge >= 0.3 is 6.09 Å². The predicted molar refractivity (Wildman–Crippen MR) is 113 cm³/mol. The standard InChI is InChI=1S/C22H30N4O4/c1-15-18(26(22(5,6)29-15)20(28)30-21(2,3)4)19(27)23-17-12-13-25(24-17)14-16-10-8-7-9-11-16/h7-13,15,18H,14H2,1-6H3,(H,23,24,27)/t15-,18-/m0/s1. The number of nitrogens with one attached hydrogen (secondary N) is 1. The smallest absolute Gasteiger partial charge is 0.413 e. The van der Waals surface area contributed by atoms with Crippen LogP contribution in [0.25, 0.3) is 0 Å². The van der Waals surface area contributed by atoms with Crippen LogP contribution in [0.4, 0.5) is 10.6 Å². The molecule has 2 amide bonds. The van der Waals surface area contributed by atoms with Gasteiger partial charge in [0.25, 0.3) is 5.91 Å². The number of nitrogens with zero attached hydrogens (tertiary/aromatic N) is 3. The second-order valence-corrected chi connectivity index (χ2v) is 8.94. The Morgan fingerprint density at radius 2 is 1.87 bits per heavy atom. The predicted octanol–water partition coefficient (Wildman–Crippen LogP) is 3.63. The Balaban J connectivity index is 1.73. The summed E-state index contributed by atoms with van der Waals surface area (Å²) in [7, 11) is 0. The van der Waals surface area contributed by atoms with Crippen LogP contribution in [0.5, 0.6) is 0 Å². The molecule has 1 aromatic carbocycles. The van der Waals surface area contributed by atoms with Crippen LogP contribution in [-0.4, -0.2) is 50.2 Å². The van der Waals surface area contributed by atoms with Crippen molar-refractivity contribution in [1.82, 2.24) is 14.7 Å². The van der Waals surface area contributed by atoms with Gasteiger partial charge in [-0.3, -0.25) is 14.4 Å². The second kappa shape index (κ2) is 8.10. The van der Waals surface area contributed by atoms with Gasteiger partial charge in [-0.15, -0.1) is 0 Å². The Kier molecular flexibility index (Phi) is 5.90. The van der Waals surface area contributed by atoms with Gasteiger partial charge in [0.2, 0.25) is 0 Å². The molecule has 162 valence electrons. The number of carbonyl (C=O) groups is 2. The SMILES string of the molecule is C[C@@H]1OC(C)(C)N(C(=O)OC(C)(C)C)[C@@H]1C(=O)Nc1ccn(Cc2ccccc2)n1. The number of aromatic nitrogens is 2. The van der Waals surface area contributed by atoms with E-state index in [-0.39, 0.29) is 5.91 Å². The number of carbonyl (C=O) groups excluding carboxylic acids is 2. The summed E-state index contributed by atoms with van der Waals surface area (Å²) in [6.45, 7) is 11.2. The summed E-state index contributed by atoms with van der Waals surface area (Å²) in [5, 5.41) is 7.22. The zero-order valence-electron chi connectivity index (χ0n) is 18.4. The summed E-state index contributed by atoms with van der Waals surface area (Å²) >= 11 is 0. The normalized spacial score (nSPS) is 20.8. The van der Waals surface area contributed by atoms with E-state index in [9.17, 15) is 9.59 Å². The molecule has 30 heavy (non-hydrogen) atoms. The zero-order valence-corrected chi connectivity index (χ0v) is 18.4. The van der Waals surface area contributed by atoms with Crippen molar-refractivity contribution in [1.29, 1.82) is 0 Å². The number of hydrogen-bond donors (Lipinski definition) is 1. The molecule has 0 spiro atoms. The molecule has 3 rings (SSSR count). The first-order valence-corrected chi connectivity index (χ1v) is 10.0. The van der Waals surface area contributed by atoms with E-state index in [1.807, 2.05) is 30.3 Å². The van der Waals surface area contributed by atoms with Gasteiger partial charge in [0, 0.05) is 12.3 Å². The van der Waals surface area contributed by atoms with E-state index in [0.29, 0.717) is 12.4 Å². The average Bonchev–Trinajstić information content (AvgIpc) is 3.14. The highest BCUT2D eigenvalue weighted by Gasteiger charge is 2.52. The maximum Gasteiger partial charge on any atom is 0.413 e. The molecule has 1 saturated heterocycles. The number of anilines is 1. The van der Waals surface area contributed by atoms with E-state index in [4.69, 9.17) is 9.47 Å². The van der Waals surface area contributed by atoms with Gasteiger partial charge in [0.05, 0.1) is 12.6 Å². The van der Waals surface area contributed by atoms with Gasteiger partial charge in [0.1, 0.15) is 17.4 Å². The summed E-state index contributed by atoms with van der Waals surface area (Å²) < 4.78 is 13.2. The third kappa shape index (κ3) is 4.99.